The quantitative estimate of drug-likeness (QED) is 0.785. The highest BCUT2D eigenvalue weighted by Gasteiger charge is 2.51. The van der Waals surface area contributed by atoms with Gasteiger partial charge in [-0.3, -0.25) is 14.5 Å². The summed E-state index contributed by atoms with van der Waals surface area (Å²) in [7, 11) is 0. The number of carbonyl (C=O) groups excluding carboxylic acids is 3. The molecular formula is C17H19ClFN3O3. The van der Waals surface area contributed by atoms with Gasteiger partial charge >= 0.3 is 6.03 Å². The number of urea groups is 1. The second-order valence-corrected chi connectivity index (χ2v) is 6.86. The molecule has 134 valence electrons. The van der Waals surface area contributed by atoms with Gasteiger partial charge in [-0.25, -0.2) is 9.18 Å². The Bertz CT molecular complexity index is 719. The molecule has 1 saturated heterocycles. The maximum atomic E-state index is 13.1. The first kappa shape index (κ1) is 17.7. The number of hydrogen-bond acceptors (Lipinski definition) is 3. The summed E-state index contributed by atoms with van der Waals surface area (Å²) in [6.07, 6.45) is 3.72. The van der Waals surface area contributed by atoms with Crippen LogP contribution in [0, 0.1) is 5.82 Å². The molecule has 3 rings (SSSR count). The Labute approximate surface area is 149 Å². The van der Waals surface area contributed by atoms with Gasteiger partial charge in [0.1, 0.15) is 11.4 Å². The van der Waals surface area contributed by atoms with E-state index in [-0.39, 0.29) is 35.8 Å². The first-order valence-electron chi connectivity index (χ1n) is 8.30. The lowest BCUT2D eigenvalue weighted by Crippen LogP contribution is -2.44. The number of imide groups is 1. The number of rotatable bonds is 5. The van der Waals surface area contributed by atoms with Gasteiger partial charge in [-0.15, -0.1) is 0 Å². The zero-order valence-corrected chi connectivity index (χ0v) is 14.4. The first-order valence-corrected chi connectivity index (χ1v) is 8.68. The van der Waals surface area contributed by atoms with Crippen molar-refractivity contribution in [3.8, 4) is 0 Å². The van der Waals surface area contributed by atoms with Crippen LogP contribution >= 0.6 is 11.6 Å². The van der Waals surface area contributed by atoms with E-state index >= 15 is 0 Å². The second kappa shape index (κ2) is 7.00. The highest BCUT2D eigenvalue weighted by molar-refractivity contribution is 6.31. The molecule has 1 aliphatic heterocycles. The number of nitrogens with zero attached hydrogens (tertiary/aromatic N) is 1. The summed E-state index contributed by atoms with van der Waals surface area (Å²) < 4.78 is 13.1. The summed E-state index contributed by atoms with van der Waals surface area (Å²) in [5.41, 5.74) is -0.319. The van der Waals surface area contributed by atoms with Crippen molar-refractivity contribution in [1.29, 1.82) is 0 Å². The van der Waals surface area contributed by atoms with E-state index in [1.807, 2.05) is 0 Å². The maximum Gasteiger partial charge on any atom is 0.325 e. The molecule has 1 spiro atoms. The molecule has 8 heteroatoms. The van der Waals surface area contributed by atoms with E-state index in [1.54, 1.807) is 0 Å². The average Bonchev–Trinajstić information content (AvgIpc) is 3.12. The van der Waals surface area contributed by atoms with E-state index in [0.29, 0.717) is 24.9 Å². The maximum absolute atomic E-state index is 13.1. The van der Waals surface area contributed by atoms with Crippen molar-refractivity contribution in [2.45, 2.75) is 44.1 Å². The number of nitrogens with one attached hydrogen (secondary N) is 2. The summed E-state index contributed by atoms with van der Waals surface area (Å²) in [6.45, 7) is 0.198. The SMILES string of the molecule is O=C(CCCN1C(=O)NC2(CCCC2)C1=O)Nc1ccc(F)c(Cl)c1. The lowest BCUT2D eigenvalue weighted by atomic mass is 9.98. The van der Waals surface area contributed by atoms with Gasteiger partial charge in [0, 0.05) is 18.7 Å². The number of hydrogen-bond donors (Lipinski definition) is 2. The van der Waals surface area contributed by atoms with Crippen LogP contribution in [0.4, 0.5) is 14.9 Å². The molecule has 0 unspecified atom stereocenters. The van der Waals surface area contributed by atoms with Crippen molar-refractivity contribution in [1.82, 2.24) is 10.2 Å². The van der Waals surface area contributed by atoms with Gasteiger partial charge in [0.2, 0.25) is 5.91 Å². The number of benzene rings is 1. The molecule has 1 aromatic carbocycles. The van der Waals surface area contributed by atoms with Crippen molar-refractivity contribution >= 4 is 35.1 Å². The largest absolute Gasteiger partial charge is 0.326 e. The Morgan fingerprint density at radius 1 is 1.32 bits per heavy atom. The van der Waals surface area contributed by atoms with Crippen LogP contribution in [-0.2, 0) is 9.59 Å². The summed E-state index contributed by atoms with van der Waals surface area (Å²) in [6, 6.07) is 3.54. The number of carbonyl (C=O) groups is 3. The fourth-order valence-corrected chi connectivity index (χ4v) is 3.57. The molecule has 0 aromatic heterocycles. The molecule has 2 fully saturated rings. The van der Waals surface area contributed by atoms with Crippen LogP contribution in [-0.4, -0.2) is 34.8 Å². The lowest BCUT2D eigenvalue weighted by molar-refractivity contribution is -0.131. The van der Waals surface area contributed by atoms with Gasteiger partial charge in [0.05, 0.1) is 5.02 Å². The van der Waals surface area contributed by atoms with E-state index in [0.717, 1.165) is 12.8 Å². The highest BCUT2D eigenvalue weighted by Crippen LogP contribution is 2.35. The van der Waals surface area contributed by atoms with E-state index < -0.39 is 11.4 Å². The standard InChI is InChI=1S/C17H19ClFN3O3/c18-12-10-11(5-6-13(12)19)20-14(23)4-3-9-22-15(24)17(21-16(22)25)7-1-2-8-17/h5-6,10H,1-4,7-9H2,(H,20,23)(H,21,25). The van der Waals surface area contributed by atoms with Gasteiger partial charge in [0.25, 0.3) is 5.91 Å². The normalized spacial score (nSPS) is 18.7. The summed E-state index contributed by atoms with van der Waals surface area (Å²) in [5, 5.41) is 5.35. The van der Waals surface area contributed by atoms with Gasteiger partial charge in [-0.05, 0) is 37.5 Å². The van der Waals surface area contributed by atoms with Crippen LogP contribution in [0.15, 0.2) is 18.2 Å². The summed E-state index contributed by atoms with van der Waals surface area (Å²) in [5.74, 6) is -1.02. The molecule has 6 nitrogen and oxygen atoms in total. The van der Waals surface area contributed by atoms with Crippen molar-refractivity contribution < 1.29 is 18.8 Å². The second-order valence-electron chi connectivity index (χ2n) is 6.46. The zero-order valence-electron chi connectivity index (χ0n) is 13.6. The highest BCUT2D eigenvalue weighted by atomic mass is 35.5. The smallest absolute Gasteiger partial charge is 0.325 e. The minimum absolute atomic E-state index is 0.0704. The molecule has 0 bridgehead atoms. The Balaban J connectivity index is 1.49. The molecule has 4 amide bonds. The van der Waals surface area contributed by atoms with Crippen LogP contribution in [0.2, 0.25) is 5.02 Å². The van der Waals surface area contributed by atoms with Crippen LogP contribution < -0.4 is 10.6 Å². The molecule has 0 atom stereocenters. The van der Waals surface area contributed by atoms with Crippen LogP contribution in [0.3, 0.4) is 0 Å². The molecular weight excluding hydrogens is 349 g/mol. The van der Waals surface area contributed by atoms with Gasteiger partial charge in [-0.1, -0.05) is 24.4 Å². The van der Waals surface area contributed by atoms with Crippen molar-refractivity contribution in [2.24, 2.45) is 0 Å². The Morgan fingerprint density at radius 2 is 2.04 bits per heavy atom. The third-order valence-electron chi connectivity index (χ3n) is 4.69. The third-order valence-corrected chi connectivity index (χ3v) is 4.98. The van der Waals surface area contributed by atoms with E-state index in [2.05, 4.69) is 10.6 Å². The molecule has 25 heavy (non-hydrogen) atoms. The van der Waals surface area contributed by atoms with Crippen molar-refractivity contribution in [3.05, 3.63) is 29.0 Å². The van der Waals surface area contributed by atoms with Crippen LogP contribution in [0.1, 0.15) is 38.5 Å². The Hall–Kier alpha value is -2.15. The van der Waals surface area contributed by atoms with Gasteiger partial charge < -0.3 is 10.6 Å². The Morgan fingerprint density at radius 3 is 2.72 bits per heavy atom. The topological polar surface area (TPSA) is 78.5 Å². The van der Waals surface area contributed by atoms with E-state index in [9.17, 15) is 18.8 Å². The monoisotopic (exact) mass is 367 g/mol. The van der Waals surface area contributed by atoms with Gasteiger partial charge in [0.15, 0.2) is 0 Å². The number of amides is 4. The molecule has 1 saturated carbocycles. The van der Waals surface area contributed by atoms with E-state index in [1.165, 1.54) is 23.1 Å². The average molecular weight is 368 g/mol. The molecule has 2 aliphatic rings. The van der Waals surface area contributed by atoms with Crippen molar-refractivity contribution in [2.75, 3.05) is 11.9 Å². The van der Waals surface area contributed by atoms with E-state index in [4.69, 9.17) is 11.6 Å². The minimum Gasteiger partial charge on any atom is -0.326 e. The minimum atomic E-state index is -0.718. The summed E-state index contributed by atoms with van der Waals surface area (Å²) in [4.78, 5) is 37.6. The lowest BCUT2D eigenvalue weighted by Gasteiger charge is -2.19. The van der Waals surface area contributed by atoms with Crippen molar-refractivity contribution in [3.63, 3.8) is 0 Å². The van der Waals surface area contributed by atoms with Crippen LogP contribution in [0.25, 0.3) is 0 Å². The predicted octanol–water partition coefficient (Wildman–Crippen LogP) is 3.06. The molecule has 0 radical (unpaired) electrons. The number of halogens is 2. The zero-order chi connectivity index (χ0) is 18.0. The predicted molar refractivity (Wildman–Crippen MR) is 90.7 cm³/mol. The molecule has 2 N–H and O–H groups in total. The fraction of sp³-hybridized carbons (Fsp3) is 0.471. The van der Waals surface area contributed by atoms with Crippen LogP contribution in [0.5, 0.6) is 0 Å². The first-order chi connectivity index (χ1) is 11.9. The summed E-state index contributed by atoms with van der Waals surface area (Å²) >= 11 is 5.66. The van der Waals surface area contributed by atoms with Gasteiger partial charge in [-0.2, -0.15) is 0 Å². The fourth-order valence-electron chi connectivity index (χ4n) is 3.39. The Kier molecular flexibility index (Phi) is 4.94. The molecule has 1 aromatic rings. The third kappa shape index (κ3) is 3.61. The number of anilines is 1. The molecule has 1 aliphatic carbocycles. The molecule has 1 heterocycles.